The second-order valence-electron chi connectivity index (χ2n) is 8.84. The van der Waals surface area contributed by atoms with Gasteiger partial charge in [0.15, 0.2) is 0 Å². The van der Waals surface area contributed by atoms with Crippen LogP contribution in [0.5, 0.6) is 0 Å². The first-order valence-corrected chi connectivity index (χ1v) is 12.7. The molecule has 3 amide bonds. The predicted molar refractivity (Wildman–Crippen MR) is 135 cm³/mol. The molecule has 2 aliphatic rings. The van der Waals surface area contributed by atoms with Crippen LogP contribution in [0.25, 0.3) is 11.3 Å². The number of amides is 3. The van der Waals surface area contributed by atoms with E-state index in [2.05, 4.69) is 31.2 Å². The van der Waals surface area contributed by atoms with E-state index in [-0.39, 0.29) is 31.3 Å². The predicted octanol–water partition coefficient (Wildman–Crippen LogP) is 4.34. The second kappa shape index (κ2) is 10.5. The summed E-state index contributed by atoms with van der Waals surface area (Å²) in [6.07, 6.45) is 2.79. The van der Waals surface area contributed by atoms with Crippen molar-refractivity contribution >= 4 is 33.8 Å². The van der Waals surface area contributed by atoms with Gasteiger partial charge >= 0.3 is 6.09 Å². The van der Waals surface area contributed by atoms with Gasteiger partial charge in [0.2, 0.25) is 5.91 Å². The Morgan fingerprint density at radius 3 is 2.67 bits per heavy atom. The molecule has 0 aliphatic carbocycles. The van der Waals surface area contributed by atoms with Crippen molar-refractivity contribution in [1.29, 1.82) is 0 Å². The quantitative estimate of drug-likeness (QED) is 0.490. The number of carbonyl (C=O) groups is 3. The number of rotatable bonds is 5. The highest BCUT2D eigenvalue weighted by atomic mass is 79.9. The largest absolute Gasteiger partial charge is 0.445 e. The van der Waals surface area contributed by atoms with Crippen molar-refractivity contribution in [1.82, 2.24) is 25.3 Å². The smallest absolute Gasteiger partial charge is 0.408 e. The van der Waals surface area contributed by atoms with Crippen LogP contribution in [0.15, 0.2) is 65.3 Å². The first kappa shape index (κ1) is 24.1. The molecule has 2 saturated heterocycles. The summed E-state index contributed by atoms with van der Waals surface area (Å²) in [5.41, 5.74) is 2.63. The minimum absolute atomic E-state index is 0.0935. The van der Waals surface area contributed by atoms with Gasteiger partial charge in [-0.05, 0) is 42.5 Å². The fraction of sp³-hybridized carbons (Fsp3) is 0.308. The molecule has 10 heteroatoms. The summed E-state index contributed by atoms with van der Waals surface area (Å²) in [6, 6.07) is 15.8. The molecule has 0 radical (unpaired) electrons. The molecule has 2 fully saturated rings. The van der Waals surface area contributed by atoms with E-state index in [4.69, 9.17) is 4.74 Å². The van der Waals surface area contributed by atoms with Crippen LogP contribution in [-0.2, 0) is 20.9 Å². The van der Waals surface area contributed by atoms with Crippen LogP contribution in [0.2, 0.25) is 0 Å². The van der Waals surface area contributed by atoms with E-state index in [0.717, 1.165) is 27.7 Å². The molecule has 0 bridgehead atoms. The molecule has 2 aliphatic heterocycles. The Morgan fingerprint density at radius 2 is 1.89 bits per heavy atom. The van der Waals surface area contributed by atoms with Gasteiger partial charge in [0.05, 0.1) is 11.9 Å². The lowest BCUT2D eigenvalue weighted by Crippen LogP contribution is -2.57. The van der Waals surface area contributed by atoms with Crippen molar-refractivity contribution in [3.63, 3.8) is 0 Å². The highest BCUT2D eigenvalue weighted by molar-refractivity contribution is 9.10. The number of hydrogen-bond acceptors (Lipinski definition) is 5. The number of fused-ring (bicyclic) bond motifs is 1. The van der Waals surface area contributed by atoms with E-state index < -0.39 is 18.2 Å². The molecule has 0 unspecified atom stereocenters. The number of nitrogens with zero attached hydrogens (tertiary/aromatic N) is 3. The van der Waals surface area contributed by atoms with E-state index in [1.165, 1.54) is 10.0 Å². The van der Waals surface area contributed by atoms with Crippen LogP contribution in [0, 0.1) is 0 Å². The monoisotopic (exact) mass is 551 g/mol. The highest BCUT2D eigenvalue weighted by Gasteiger charge is 2.43. The summed E-state index contributed by atoms with van der Waals surface area (Å²) in [5.74, 6) is 0.115. The van der Waals surface area contributed by atoms with Crippen molar-refractivity contribution < 1.29 is 19.1 Å². The summed E-state index contributed by atoms with van der Waals surface area (Å²) in [7, 11) is 0. The third-order valence-corrected chi connectivity index (χ3v) is 6.96. The molecule has 3 aromatic rings. The molecule has 0 saturated carbocycles. The molecule has 0 spiro atoms. The lowest BCUT2D eigenvalue weighted by atomic mass is 10.1. The van der Waals surface area contributed by atoms with Gasteiger partial charge < -0.3 is 15.0 Å². The summed E-state index contributed by atoms with van der Waals surface area (Å²) in [6.45, 7) is 0.544. The van der Waals surface area contributed by atoms with Crippen molar-refractivity contribution in [3.8, 4) is 11.3 Å². The van der Waals surface area contributed by atoms with E-state index >= 15 is 0 Å². The van der Waals surface area contributed by atoms with Crippen LogP contribution >= 0.6 is 15.9 Å². The molecule has 36 heavy (non-hydrogen) atoms. The van der Waals surface area contributed by atoms with Crippen molar-refractivity contribution in [2.45, 2.75) is 44.4 Å². The van der Waals surface area contributed by atoms with Gasteiger partial charge in [0, 0.05) is 17.4 Å². The maximum atomic E-state index is 13.6. The zero-order valence-corrected chi connectivity index (χ0v) is 21.1. The summed E-state index contributed by atoms with van der Waals surface area (Å²) in [5, 5.41) is 5.66. The average Bonchev–Trinajstić information content (AvgIpc) is 3.36. The van der Waals surface area contributed by atoms with E-state index in [0.29, 0.717) is 18.8 Å². The maximum absolute atomic E-state index is 13.6. The van der Waals surface area contributed by atoms with Gasteiger partial charge in [-0.3, -0.25) is 14.6 Å². The fourth-order valence-corrected chi connectivity index (χ4v) is 4.87. The minimum atomic E-state index is -0.872. The van der Waals surface area contributed by atoms with E-state index in [1.807, 2.05) is 54.6 Å². The summed E-state index contributed by atoms with van der Waals surface area (Å²) >= 11 is 3.44. The third kappa shape index (κ3) is 5.13. The molecular formula is C26H26BrN5O4. The second-order valence-corrected chi connectivity index (χ2v) is 9.76. The maximum Gasteiger partial charge on any atom is 0.408 e. The zero-order chi connectivity index (χ0) is 25.1. The number of carbonyl (C=O) groups excluding carboxylic acids is 3. The average molecular weight is 552 g/mol. The van der Waals surface area contributed by atoms with Gasteiger partial charge in [-0.15, -0.1) is 0 Å². The topological polar surface area (TPSA) is 108 Å². The Kier molecular flexibility index (Phi) is 7.04. The van der Waals surface area contributed by atoms with Crippen molar-refractivity contribution in [2.24, 2.45) is 0 Å². The molecule has 1 aromatic heterocycles. The molecule has 2 aromatic carbocycles. The fourth-order valence-electron chi connectivity index (χ4n) is 4.61. The Hall–Kier alpha value is -3.66. The minimum Gasteiger partial charge on any atom is -0.445 e. The van der Waals surface area contributed by atoms with Crippen molar-refractivity contribution in [3.05, 3.63) is 76.7 Å². The molecule has 2 N–H and O–H groups in total. The number of H-pyrrole nitrogens is 1. The Labute approximate surface area is 216 Å². The summed E-state index contributed by atoms with van der Waals surface area (Å²) < 4.78 is 6.29. The highest BCUT2D eigenvalue weighted by Crippen LogP contribution is 2.34. The van der Waals surface area contributed by atoms with Crippen LogP contribution in [0.4, 0.5) is 4.79 Å². The van der Waals surface area contributed by atoms with E-state index in [1.54, 1.807) is 6.20 Å². The first-order valence-electron chi connectivity index (χ1n) is 11.9. The third-order valence-electron chi connectivity index (χ3n) is 6.43. The molecule has 3 heterocycles. The molecule has 186 valence electrons. The molecule has 5 rings (SSSR count). The SMILES string of the molecule is O=C(N[C@H]1CCC(=O)N2CCC[C@@H](c3ncc(-c4ccc(Br)cc4)[nH]3)N2C1=O)OCc1ccccc1. The summed E-state index contributed by atoms with van der Waals surface area (Å²) in [4.78, 5) is 47.0. The van der Waals surface area contributed by atoms with Crippen LogP contribution in [0.3, 0.4) is 0 Å². The number of aromatic nitrogens is 2. The lowest BCUT2D eigenvalue weighted by Gasteiger charge is -2.43. The Bertz CT molecular complexity index is 1250. The van der Waals surface area contributed by atoms with Gasteiger partial charge in [0.25, 0.3) is 5.91 Å². The van der Waals surface area contributed by atoms with Crippen LogP contribution in [-0.4, -0.2) is 50.5 Å². The number of nitrogens with one attached hydrogen (secondary N) is 2. The number of halogens is 1. The number of benzene rings is 2. The number of aromatic amines is 1. The van der Waals surface area contributed by atoms with Crippen LogP contribution < -0.4 is 5.32 Å². The molecule has 2 atom stereocenters. The van der Waals surface area contributed by atoms with E-state index in [9.17, 15) is 14.4 Å². The standard InChI is InChI=1S/C26H26BrN5O4/c27-19-10-8-18(9-11-19)21-15-28-24(29-21)22-7-4-14-31-23(33)13-12-20(25(34)32(22)31)30-26(35)36-16-17-5-2-1-3-6-17/h1-3,5-6,8-11,15,20,22H,4,7,12-14,16H2,(H,28,29)(H,30,35)/t20-,22-/m0/s1. The zero-order valence-electron chi connectivity index (χ0n) is 19.5. The molecular weight excluding hydrogens is 526 g/mol. The van der Waals surface area contributed by atoms with Gasteiger partial charge in [0.1, 0.15) is 24.5 Å². The number of alkyl carbamates (subject to hydrolysis) is 1. The van der Waals surface area contributed by atoms with Gasteiger partial charge in [-0.2, -0.15) is 0 Å². The lowest BCUT2D eigenvalue weighted by molar-refractivity contribution is -0.174. The van der Waals surface area contributed by atoms with Crippen LogP contribution in [0.1, 0.15) is 43.1 Å². The number of hydrogen-bond donors (Lipinski definition) is 2. The number of hydrazine groups is 1. The number of imidazole rings is 1. The number of ether oxygens (including phenoxy) is 1. The first-order chi connectivity index (χ1) is 17.5. The Morgan fingerprint density at radius 1 is 1.11 bits per heavy atom. The van der Waals surface area contributed by atoms with Crippen molar-refractivity contribution in [2.75, 3.05) is 6.54 Å². The Balaban J connectivity index is 1.33. The van der Waals surface area contributed by atoms with Gasteiger partial charge in [-0.25, -0.2) is 14.8 Å². The van der Waals surface area contributed by atoms with Gasteiger partial charge in [-0.1, -0.05) is 58.4 Å². The molecule has 9 nitrogen and oxygen atoms in total. The normalized spacial score (nSPS) is 20.0.